The van der Waals surface area contributed by atoms with Gasteiger partial charge in [0.25, 0.3) is 0 Å². The minimum absolute atomic E-state index is 0.274. The summed E-state index contributed by atoms with van der Waals surface area (Å²) in [6.45, 7) is 53.4. The summed E-state index contributed by atoms with van der Waals surface area (Å²) in [6, 6.07) is 49.4. The van der Waals surface area contributed by atoms with Crippen LogP contribution in [0.15, 0.2) is 133 Å². The lowest BCUT2D eigenvalue weighted by molar-refractivity contribution is 0.418. The van der Waals surface area contributed by atoms with E-state index in [0.717, 1.165) is 36.0 Å². The molecule has 0 nitrogen and oxygen atoms in total. The summed E-state index contributed by atoms with van der Waals surface area (Å²) < 4.78 is 0. The van der Waals surface area contributed by atoms with Gasteiger partial charge in [-0.1, -0.05) is 246 Å². The third-order valence-electron chi connectivity index (χ3n) is 24.9. The van der Waals surface area contributed by atoms with Crippen LogP contribution in [-0.4, -0.2) is 0 Å². The second-order valence-electron chi connectivity index (χ2n) is 33.3. The lowest BCUT2D eigenvalue weighted by atomic mass is 9.78. The molecule has 0 radical (unpaired) electrons. The zero-order chi connectivity index (χ0) is 74.1. The van der Waals surface area contributed by atoms with E-state index in [4.69, 9.17) is 0 Å². The number of hydrogen-bond donors (Lipinski definition) is 0. The number of aryl methyl sites for hydroxylation is 11. The molecule has 5 aliphatic carbocycles. The van der Waals surface area contributed by atoms with E-state index in [1.807, 2.05) is 0 Å². The first-order chi connectivity index (χ1) is 48.0. The van der Waals surface area contributed by atoms with E-state index in [1.54, 1.807) is 27.8 Å². The Morgan fingerprint density at radius 2 is 0.554 bits per heavy atom. The van der Waals surface area contributed by atoms with Crippen molar-refractivity contribution in [3.8, 4) is 0 Å². The fourth-order valence-corrected chi connectivity index (χ4v) is 16.5. The number of rotatable bonds is 7. The van der Waals surface area contributed by atoms with Gasteiger partial charge in [0.05, 0.1) is 0 Å². The first-order valence-electron chi connectivity index (χ1n) is 40.6. The second kappa shape index (κ2) is 41.3. The second-order valence-corrected chi connectivity index (χ2v) is 33.3. The maximum Gasteiger partial charge on any atom is -0.0129 e. The van der Waals surface area contributed by atoms with Gasteiger partial charge in [-0.2, -0.15) is 0 Å². The van der Waals surface area contributed by atoms with Gasteiger partial charge in [-0.25, -0.2) is 0 Å². The summed E-state index contributed by atoms with van der Waals surface area (Å²) >= 11 is 0. The largest absolute Gasteiger partial charge is 0.0617 e. The van der Waals surface area contributed by atoms with E-state index in [-0.39, 0.29) is 5.41 Å². The molecule has 13 rings (SSSR count). The van der Waals surface area contributed by atoms with E-state index in [9.17, 15) is 0 Å². The van der Waals surface area contributed by atoms with Gasteiger partial charge < -0.3 is 0 Å². The van der Waals surface area contributed by atoms with Crippen LogP contribution in [0.2, 0.25) is 0 Å². The molecular weight excluding hydrogens is 1210 g/mol. The van der Waals surface area contributed by atoms with E-state index in [0.29, 0.717) is 5.92 Å². The zero-order valence-corrected chi connectivity index (χ0v) is 69.2. The Morgan fingerprint density at radius 3 is 0.842 bits per heavy atom. The highest BCUT2D eigenvalue weighted by molar-refractivity contribution is 5.43. The van der Waals surface area contributed by atoms with Gasteiger partial charge in [0.2, 0.25) is 0 Å². The highest BCUT2D eigenvalue weighted by Crippen LogP contribution is 2.41. The molecule has 5 aliphatic rings. The van der Waals surface area contributed by atoms with Crippen molar-refractivity contribution in [3.05, 3.63) is 278 Å². The van der Waals surface area contributed by atoms with Crippen LogP contribution >= 0.6 is 0 Å². The van der Waals surface area contributed by atoms with Crippen molar-refractivity contribution in [2.24, 2.45) is 0 Å². The van der Waals surface area contributed by atoms with Gasteiger partial charge >= 0.3 is 0 Å². The van der Waals surface area contributed by atoms with Crippen LogP contribution in [-0.2, 0) is 11.8 Å². The molecule has 101 heavy (non-hydrogen) atoms. The highest BCUT2D eigenvalue weighted by atomic mass is 14.3. The molecule has 548 valence electrons. The Hall–Kier alpha value is -6.24. The standard InChI is InChI=1S/C15H22.2C14H20.C13H18.C12H16.C12H18.C11H16.C10H14/c1-11-9-15(10-12(2)13(11)3)14-7-5-4-6-8-14;1-10-8-14(9-11(2)12(10)3)13-6-4-5-7-13;1-11-7-6-10-14(12(11)2)13-8-4-3-5-9-13;1-10-6-5-9-13(11(10)2)12-7-3-4-8-12;1-9-5-3-8-12(10(9)2)11-6-4-7-11;1-9-7-6-8-11(10(9)2)12(3,4)5;1-8(2)11-7-5-6-9(3)10(11)4;1-4-10-7-5-6-8(2)9(10)3/h9-10,14H,4-8H2,1-3H3;8-9,13H,4-7H2,1-3H3;6-7,10,13H,3-5,8-9H2,1-2H3;5-6,9,12H,3-4,7-8H2,1-2H3;3,5,8,11H,4,6-7H2,1-2H3;6-8H,1-5H3;5-8H,1-4H3;5-7H,4H2,1-3H3. The van der Waals surface area contributed by atoms with Crippen molar-refractivity contribution in [2.45, 2.75) is 348 Å². The molecule has 0 aromatic heterocycles. The molecule has 8 aromatic rings. The molecule has 0 heterocycles. The molecule has 0 bridgehead atoms. The minimum atomic E-state index is 0.274. The Kier molecular flexibility index (Phi) is 34.2. The molecule has 0 aliphatic heterocycles. The average molecular weight is 1360 g/mol. The van der Waals surface area contributed by atoms with Crippen LogP contribution in [0, 0.1) is 125 Å². The van der Waals surface area contributed by atoms with Gasteiger partial charge in [-0.05, 0) is 381 Å². The molecule has 0 unspecified atom stereocenters. The maximum atomic E-state index is 2.42. The molecule has 0 spiro atoms. The van der Waals surface area contributed by atoms with Gasteiger partial charge in [-0.3, -0.25) is 0 Å². The van der Waals surface area contributed by atoms with E-state index in [1.165, 1.54) is 252 Å². The van der Waals surface area contributed by atoms with Crippen molar-refractivity contribution in [2.75, 3.05) is 0 Å². The highest BCUT2D eigenvalue weighted by Gasteiger charge is 2.24. The van der Waals surface area contributed by atoms with Gasteiger partial charge in [0.15, 0.2) is 0 Å². The smallest absolute Gasteiger partial charge is 0.0129 e. The topological polar surface area (TPSA) is 0 Å². The molecule has 5 fully saturated rings. The quantitative estimate of drug-likeness (QED) is 0.149. The summed E-state index contributed by atoms with van der Waals surface area (Å²) in [6.07, 6.45) is 30.9. The fourth-order valence-electron chi connectivity index (χ4n) is 16.5. The van der Waals surface area contributed by atoms with Crippen molar-refractivity contribution < 1.29 is 0 Å². The number of hydrogen-bond acceptors (Lipinski definition) is 0. The van der Waals surface area contributed by atoms with Crippen molar-refractivity contribution in [3.63, 3.8) is 0 Å². The fraction of sp³-hybridized carbons (Fsp3) is 0.525. The van der Waals surface area contributed by atoms with Crippen LogP contribution in [0.3, 0.4) is 0 Å². The summed E-state index contributed by atoms with van der Waals surface area (Å²) in [5.74, 6) is 4.94. The van der Waals surface area contributed by atoms with Crippen LogP contribution in [0.1, 0.15) is 357 Å². The van der Waals surface area contributed by atoms with Crippen LogP contribution in [0.5, 0.6) is 0 Å². The Bertz CT molecular complexity index is 3750. The Labute approximate surface area is 622 Å². The minimum Gasteiger partial charge on any atom is -0.0617 e. The van der Waals surface area contributed by atoms with Crippen molar-refractivity contribution in [1.29, 1.82) is 0 Å². The molecular formula is C101H144. The first-order valence-corrected chi connectivity index (χ1v) is 40.6. The van der Waals surface area contributed by atoms with Gasteiger partial charge in [-0.15, -0.1) is 0 Å². The lowest BCUT2D eigenvalue weighted by Crippen LogP contribution is -2.13. The Balaban J connectivity index is 0.000000182. The summed E-state index contributed by atoms with van der Waals surface area (Å²) in [4.78, 5) is 0. The van der Waals surface area contributed by atoms with E-state index >= 15 is 0 Å². The average Bonchev–Trinajstić information content (AvgIpc) is 1.22. The van der Waals surface area contributed by atoms with Crippen LogP contribution < -0.4 is 0 Å². The zero-order valence-electron chi connectivity index (χ0n) is 69.2. The first kappa shape index (κ1) is 83.7. The third kappa shape index (κ3) is 25.0. The molecule has 0 heteroatoms. The molecule has 0 N–H and O–H groups in total. The predicted octanol–water partition coefficient (Wildman–Crippen LogP) is 30.7. The van der Waals surface area contributed by atoms with Crippen LogP contribution in [0.25, 0.3) is 0 Å². The summed E-state index contributed by atoms with van der Waals surface area (Å²) in [5.41, 5.74) is 38.9. The summed E-state index contributed by atoms with van der Waals surface area (Å²) in [7, 11) is 0. The normalized spacial score (nSPS) is 15.6. The molecule has 0 amide bonds. The van der Waals surface area contributed by atoms with Crippen molar-refractivity contribution >= 4 is 0 Å². The van der Waals surface area contributed by atoms with Gasteiger partial charge in [0, 0.05) is 0 Å². The molecule has 5 saturated carbocycles. The maximum absolute atomic E-state index is 2.42. The van der Waals surface area contributed by atoms with Gasteiger partial charge in [0.1, 0.15) is 0 Å². The molecule has 0 saturated heterocycles. The molecule has 8 aromatic carbocycles. The van der Waals surface area contributed by atoms with E-state index in [2.05, 4.69) is 300 Å². The number of benzene rings is 8. The molecule has 0 atom stereocenters. The van der Waals surface area contributed by atoms with Crippen molar-refractivity contribution in [1.82, 2.24) is 0 Å². The lowest BCUT2D eigenvalue weighted by Gasteiger charge is -2.27. The SMILES string of the molecule is CCc1cccc(C)c1C.Cc1cc(C2CCCC2)cc(C)c1C.Cc1cc(C2CCCCC2)cc(C)c1C.Cc1cccc(C(C)(C)C)c1C.Cc1cccc(C(C)C)c1C.Cc1cccc(C2CCC2)c1C.Cc1cccc(C2CCCC2)c1C.Cc1cccc(C2CCCCC2)c1C. The van der Waals surface area contributed by atoms with Crippen LogP contribution in [0.4, 0.5) is 0 Å². The predicted molar refractivity (Wildman–Crippen MR) is 450 cm³/mol. The summed E-state index contributed by atoms with van der Waals surface area (Å²) in [5, 5.41) is 0. The Morgan fingerprint density at radius 1 is 0.277 bits per heavy atom. The third-order valence-corrected chi connectivity index (χ3v) is 24.9. The monoisotopic (exact) mass is 1360 g/mol. The van der Waals surface area contributed by atoms with E-state index < -0.39 is 0 Å².